The summed E-state index contributed by atoms with van der Waals surface area (Å²) in [6, 6.07) is 3.13. The average molecular weight is 241 g/mol. The molecule has 0 radical (unpaired) electrons. The van der Waals surface area contributed by atoms with Gasteiger partial charge in [0.2, 0.25) is 0 Å². The van der Waals surface area contributed by atoms with Gasteiger partial charge in [-0.05, 0) is 31.0 Å². The van der Waals surface area contributed by atoms with Gasteiger partial charge in [-0.15, -0.1) is 0 Å². The molecule has 2 N–H and O–H groups in total. The highest BCUT2D eigenvalue weighted by molar-refractivity contribution is 5.46. The average Bonchev–Trinajstić information content (AvgIpc) is 2.50. The second-order valence-corrected chi connectivity index (χ2v) is 4.58. The first-order valence-electron chi connectivity index (χ1n) is 6.06. The van der Waals surface area contributed by atoms with E-state index in [2.05, 4.69) is 5.32 Å². The highest BCUT2D eigenvalue weighted by Crippen LogP contribution is 2.23. The largest absolute Gasteiger partial charge is 0.391 e. The fourth-order valence-electron chi connectivity index (χ4n) is 2.26. The molecule has 17 heavy (non-hydrogen) atoms. The number of rotatable bonds is 2. The summed E-state index contributed by atoms with van der Waals surface area (Å²) in [5, 5.41) is 12.8. The predicted molar refractivity (Wildman–Crippen MR) is 62.9 cm³/mol. The summed E-state index contributed by atoms with van der Waals surface area (Å²) in [5.74, 6) is -0.958. The van der Waals surface area contributed by atoms with Crippen molar-refractivity contribution in [3.63, 3.8) is 0 Å². The summed E-state index contributed by atoms with van der Waals surface area (Å²) in [6.07, 6.45) is 4.10. The third kappa shape index (κ3) is 3.16. The van der Waals surface area contributed by atoms with Crippen LogP contribution in [-0.2, 0) is 0 Å². The van der Waals surface area contributed by atoms with Gasteiger partial charge in [0.05, 0.1) is 17.8 Å². The van der Waals surface area contributed by atoms with Gasteiger partial charge in [-0.2, -0.15) is 0 Å². The highest BCUT2D eigenvalue weighted by atomic mass is 19.1. The standard InChI is InChI=1S/C13H17F2NO/c14-9-6-7-10(15)12(8-9)16-11-4-2-1-3-5-13(11)17/h6-8,11,13,16-17H,1-5H2. The molecule has 1 aromatic carbocycles. The fraction of sp³-hybridized carbons (Fsp3) is 0.538. The summed E-state index contributed by atoms with van der Waals surface area (Å²) in [7, 11) is 0. The van der Waals surface area contributed by atoms with Gasteiger partial charge in [0, 0.05) is 0 Å². The number of aliphatic hydroxyl groups excluding tert-OH is 1. The van der Waals surface area contributed by atoms with Crippen LogP contribution in [0.4, 0.5) is 14.5 Å². The van der Waals surface area contributed by atoms with Crippen molar-refractivity contribution >= 4 is 5.69 Å². The van der Waals surface area contributed by atoms with Crippen LogP contribution >= 0.6 is 0 Å². The molecule has 0 bridgehead atoms. The predicted octanol–water partition coefficient (Wildman–Crippen LogP) is 3.07. The smallest absolute Gasteiger partial charge is 0.146 e. The van der Waals surface area contributed by atoms with E-state index in [-0.39, 0.29) is 11.7 Å². The number of nitrogens with one attached hydrogen (secondary N) is 1. The molecule has 0 amide bonds. The van der Waals surface area contributed by atoms with Crippen molar-refractivity contribution in [3.8, 4) is 0 Å². The first-order valence-corrected chi connectivity index (χ1v) is 6.06. The van der Waals surface area contributed by atoms with Crippen molar-refractivity contribution in [2.75, 3.05) is 5.32 Å². The Kier molecular flexibility index (Phi) is 3.94. The molecule has 0 heterocycles. The number of hydrogen-bond donors (Lipinski definition) is 2. The number of halogens is 2. The van der Waals surface area contributed by atoms with E-state index < -0.39 is 17.7 Å². The summed E-state index contributed by atoms with van der Waals surface area (Å²) >= 11 is 0. The third-order valence-corrected chi connectivity index (χ3v) is 3.25. The molecule has 1 aromatic rings. The van der Waals surface area contributed by atoms with Crippen LogP contribution in [0.1, 0.15) is 32.1 Å². The number of aliphatic hydroxyl groups is 1. The zero-order valence-corrected chi connectivity index (χ0v) is 9.63. The third-order valence-electron chi connectivity index (χ3n) is 3.25. The summed E-state index contributed by atoms with van der Waals surface area (Å²) < 4.78 is 26.5. The van der Waals surface area contributed by atoms with E-state index in [9.17, 15) is 13.9 Å². The van der Waals surface area contributed by atoms with Crippen molar-refractivity contribution in [1.29, 1.82) is 0 Å². The van der Waals surface area contributed by atoms with Gasteiger partial charge in [0.15, 0.2) is 0 Å². The van der Waals surface area contributed by atoms with E-state index in [0.717, 1.165) is 43.9 Å². The van der Waals surface area contributed by atoms with E-state index in [1.165, 1.54) is 0 Å². The first kappa shape index (κ1) is 12.3. The molecule has 2 nitrogen and oxygen atoms in total. The van der Waals surface area contributed by atoms with Crippen LogP contribution in [0.25, 0.3) is 0 Å². The molecule has 1 fully saturated rings. The van der Waals surface area contributed by atoms with Crippen LogP contribution in [0.15, 0.2) is 18.2 Å². The lowest BCUT2D eigenvalue weighted by Crippen LogP contribution is -2.32. The quantitative estimate of drug-likeness (QED) is 0.780. The van der Waals surface area contributed by atoms with Crippen molar-refractivity contribution in [2.24, 2.45) is 0 Å². The van der Waals surface area contributed by atoms with Crippen LogP contribution in [0.2, 0.25) is 0 Å². The molecule has 2 rings (SSSR count). The van der Waals surface area contributed by atoms with Gasteiger partial charge >= 0.3 is 0 Å². The van der Waals surface area contributed by atoms with Crippen LogP contribution in [-0.4, -0.2) is 17.3 Å². The Hall–Kier alpha value is -1.16. The molecule has 2 atom stereocenters. The normalized spacial score (nSPS) is 25.4. The Labute approximate surface area is 99.7 Å². The van der Waals surface area contributed by atoms with Crippen LogP contribution in [0, 0.1) is 11.6 Å². The molecular weight excluding hydrogens is 224 g/mol. The van der Waals surface area contributed by atoms with Crippen molar-refractivity contribution in [2.45, 2.75) is 44.2 Å². The van der Waals surface area contributed by atoms with Crippen molar-refractivity contribution in [3.05, 3.63) is 29.8 Å². The van der Waals surface area contributed by atoms with Crippen molar-refractivity contribution in [1.82, 2.24) is 0 Å². The highest BCUT2D eigenvalue weighted by Gasteiger charge is 2.22. The fourth-order valence-corrected chi connectivity index (χ4v) is 2.26. The maximum Gasteiger partial charge on any atom is 0.146 e. The minimum atomic E-state index is -0.486. The van der Waals surface area contributed by atoms with Gasteiger partial charge in [0.25, 0.3) is 0 Å². The molecule has 0 saturated heterocycles. The molecule has 94 valence electrons. The maximum absolute atomic E-state index is 13.4. The van der Waals surface area contributed by atoms with Crippen LogP contribution < -0.4 is 5.32 Å². The van der Waals surface area contributed by atoms with Crippen LogP contribution in [0.3, 0.4) is 0 Å². The molecule has 0 aromatic heterocycles. The summed E-state index contributed by atoms with van der Waals surface area (Å²) in [4.78, 5) is 0. The number of benzene rings is 1. The van der Waals surface area contributed by atoms with Gasteiger partial charge < -0.3 is 10.4 Å². The Bertz CT molecular complexity index is 384. The molecule has 1 aliphatic carbocycles. The number of hydrogen-bond acceptors (Lipinski definition) is 2. The minimum Gasteiger partial charge on any atom is -0.391 e. The topological polar surface area (TPSA) is 32.3 Å². The molecule has 1 aliphatic rings. The molecule has 1 saturated carbocycles. The lowest BCUT2D eigenvalue weighted by atomic mass is 10.1. The molecule has 0 spiro atoms. The Morgan fingerprint density at radius 2 is 1.88 bits per heavy atom. The van der Waals surface area contributed by atoms with Gasteiger partial charge in [0.1, 0.15) is 11.6 Å². The van der Waals surface area contributed by atoms with E-state index in [0.29, 0.717) is 6.42 Å². The lowest BCUT2D eigenvalue weighted by Gasteiger charge is -2.23. The van der Waals surface area contributed by atoms with E-state index >= 15 is 0 Å². The second kappa shape index (κ2) is 5.45. The zero-order valence-electron chi connectivity index (χ0n) is 9.63. The lowest BCUT2D eigenvalue weighted by molar-refractivity contribution is 0.144. The van der Waals surface area contributed by atoms with Crippen molar-refractivity contribution < 1.29 is 13.9 Å². The van der Waals surface area contributed by atoms with Gasteiger partial charge in [-0.3, -0.25) is 0 Å². The zero-order chi connectivity index (χ0) is 12.3. The summed E-state index contributed by atoms with van der Waals surface area (Å²) in [5.41, 5.74) is 0.135. The molecular formula is C13H17F2NO. The van der Waals surface area contributed by atoms with E-state index in [1.54, 1.807) is 0 Å². The molecule has 4 heteroatoms. The Morgan fingerprint density at radius 3 is 2.71 bits per heavy atom. The van der Waals surface area contributed by atoms with Gasteiger partial charge in [-0.1, -0.05) is 19.3 Å². The van der Waals surface area contributed by atoms with E-state index in [1.807, 2.05) is 0 Å². The second-order valence-electron chi connectivity index (χ2n) is 4.58. The number of anilines is 1. The maximum atomic E-state index is 13.4. The minimum absolute atomic E-state index is 0.135. The molecule has 2 unspecified atom stereocenters. The molecule has 0 aliphatic heterocycles. The Balaban J connectivity index is 2.10. The monoisotopic (exact) mass is 241 g/mol. The van der Waals surface area contributed by atoms with Crippen LogP contribution in [0.5, 0.6) is 0 Å². The Morgan fingerprint density at radius 1 is 1.12 bits per heavy atom. The summed E-state index contributed by atoms with van der Waals surface area (Å²) in [6.45, 7) is 0. The first-order chi connectivity index (χ1) is 8.16. The SMILES string of the molecule is OC1CCCCCC1Nc1cc(F)ccc1F. The van der Waals surface area contributed by atoms with E-state index in [4.69, 9.17) is 0 Å². The van der Waals surface area contributed by atoms with Gasteiger partial charge in [-0.25, -0.2) is 8.78 Å².